The lowest BCUT2D eigenvalue weighted by atomic mass is 10.0. The fourth-order valence-electron chi connectivity index (χ4n) is 3.16. The Morgan fingerprint density at radius 2 is 1.90 bits per heavy atom. The van der Waals surface area contributed by atoms with Crippen molar-refractivity contribution in [3.05, 3.63) is 29.1 Å². The van der Waals surface area contributed by atoms with Gasteiger partial charge in [0.15, 0.2) is 11.6 Å². The van der Waals surface area contributed by atoms with E-state index in [2.05, 4.69) is 24.2 Å². The van der Waals surface area contributed by atoms with E-state index in [1.165, 1.54) is 31.2 Å². The summed E-state index contributed by atoms with van der Waals surface area (Å²) in [6.45, 7) is 4.13. The zero-order chi connectivity index (χ0) is 14.3. The van der Waals surface area contributed by atoms with Crippen LogP contribution in [0.2, 0.25) is 0 Å². The predicted molar refractivity (Wildman–Crippen MR) is 81.5 cm³/mol. The molecule has 0 amide bonds. The fraction of sp³-hybridized carbons (Fsp3) is 0.500. The molecule has 2 aromatic rings. The van der Waals surface area contributed by atoms with Gasteiger partial charge in [-0.15, -0.1) is 0 Å². The molecule has 20 heavy (non-hydrogen) atoms. The minimum atomic E-state index is 0.530. The largest absolute Gasteiger partial charge is 0.398 e. The second-order valence-corrected chi connectivity index (χ2v) is 5.94. The van der Waals surface area contributed by atoms with Crippen molar-refractivity contribution in [1.29, 1.82) is 0 Å². The fourth-order valence-corrected chi connectivity index (χ4v) is 3.16. The van der Waals surface area contributed by atoms with Gasteiger partial charge in [-0.2, -0.15) is 5.10 Å². The lowest BCUT2D eigenvalue weighted by molar-refractivity contribution is 0.648. The number of hydrogen-bond donors (Lipinski definition) is 1. The van der Waals surface area contributed by atoms with Crippen molar-refractivity contribution in [1.82, 2.24) is 14.8 Å². The van der Waals surface area contributed by atoms with E-state index in [4.69, 9.17) is 10.7 Å². The molecule has 0 atom stereocenters. The van der Waals surface area contributed by atoms with Crippen LogP contribution in [-0.2, 0) is 7.05 Å². The molecule has 1 saturated carbocycles. The molecule has 1 fully saturated rings. The number of aromatic nitrogens is 3. The summed E-state index contributed by atoms with van der Waals surface area (Å²) in [5.41, 5.74) is 10.4. The minimum Gasteiger partial charge on any atom is -0.398 e. The van der Waals surface area contributed by atoms with Crippen LogP contribution >= 0.6 is 0 Å². The van der Waals surface area contributed by atoms with Gasteiger partial charge in [0, 0.05) is 24.2 Å². The summed E-state index contributed by atoms with van der Waals surface area (Å²) in [6.07, 6.45) is 5.02. The molecule has 106 valence electrons. The summed E-state index contributed by atoms with van der Waals surface area (Å²) >= 11 is 0. The third-order valence-electron chi connectivity index (χ3n) is 4.27. The van der Waals surface area contributed by atoms with Gasteiger partial charge in [0.05, 0.1) is 0 Å². The van der Waals surface area contributed by atoms with Gasteiger partial charge in [0.25, 0.3) is 0 Å². The van der Waals surface area contributed by atoms with E-state index < -0.39 is 0 Å². The van der Waals surface area contributed by atoms with E-state index in [0.717, 1.165) is 28.5 Å². The van der Waals surface area contributed by atoms with E-state index in [0.29, 0.717) is 5.92 Å². The number of benzene rings is 1. The second-order valence-electron chi connectivity index (χ2n) is 5.94. The highest BCUT2D eigenvalue weighted by atomic mass is 15.3. The molecule has 0 bridgehead atoms. The van der Waals surface area contributed by atoms with E-state index in [-0.39, 0.29) is 0 Å². The second kappa shape index (κ2) is 4.93. The Labute approximate surface area is 120 Å². The van der Waals surface area contributed by atoms with Gasteiger partial charge in [-0.05, 0) is 43.9 Å². The van der Waals surface area contributed by atoms with Crippen LogP contribution in [-0.4, -0.2) is 14.8 Å². The number of nitrogens with two attached hydrogens (primary N) is 1. The van der Waals surface area contributed by atoms with E-state index >= 15 is 0 Å². The molecule has 0 unspecified atom stereocenters. The van der Waals surface area contributed by atoms with Crippen molar-refractivity contribution >= 4 is 5.69 Å². The van der Waals surface area contributed by atoms with Crippen molar-refractivity contribution < 1.29 is 0 Å². The molecule has 3 rings (SSSR count). The molecule has 0 saturated heterocycles. The summed E-state index contributed by atoms with van der Waals surface area (Å²) in [5.74, 6) is 2.40. The van der Waals surface area contributed by atoms with Crippen molar-refractivity contribution in [2.75, 3.05) is 5.73 Å². The van der Waals surface area contributed by atoms with Crippen molar-refractivity contribution in [2.45, 2.75) is 45.4 Å². The highest BCUT2D eigenvalue weighted by Gasteiger charge is 2.23. The molecule has 1 aromatic heterocycles. The van der Waals surface area contributed by atoms with Crippen LogP contribution in [0.5, 0.6) is 0 Å². The SMILES string of the molecule is Cc1cc(C)c(N)c(-c2nc(C3CCCC3)nn2C)c1. The maximum absolute atomic E-state index is 6.23. The lowest BCUT2D eigenvalue weighted by Crippen LogP contribution is -2.00. The zero-order valence-corrected chi connectivity index (χ0v) is 12.5. The maximum atomic E-state index is 6.23. The number of nitrogens with zero attached hydrogens (tertiary/aromatic N) is 3. The highest BCUT2D eigenvalue weighted by Crippen LogP contribution is 2.34. The Balaban J connectivity index is 2.06. The first kappa shape index (κ1) is 13.2. The molecule has 1 aliphatic rings. The smallest absolute Gasteiger partial charge is 0.160 e. The van der Waals surface area contributed by atoms with Gasteiger partial charge in [0.1, 0.15) is 0 Å². The van der Waals surface area contributed by atoms with Crippen LogP contribution in [0.4, 0.5) is 5.69 Å². The first-order valence-corrected chi connectivity index (χ1v) is 7.34. The van der Waals surface area contributed by atoms with Crippen molar-refractivity contribution in [3.8, 4) is 11.4 Å². The Kier molecular flexibility index (Phi) is 3.24. The van der Waals surface area contributed by atoms with Gasteiger partial charge in [0.2, 0.25) is 0 Å². The van der Waals surface area contributed by atoms with Crippen LogP contribution in [0.15, 0.2) is 12.1 Å². The van der Waals surface area contributed by atoms with Crippen LogP contribution in [0.1, 0.15) is 48.6 Å². The molecular formula is C16H22N4. The van der Waals surface area contributed by atoms with Gasteiger partial charge in [-0.25, -0.2) is 9.67 Å². The predicted octanol–water partition coefficient (Wildman–Crippen LogP) is 3.34. The molecule has 1 heterocycles. The van der Waals surface area contributed by atoms with Crippen LogP contribution in [0.3, 0.4) is 0 Å². The average molecular weight is 270 g/mol. The molecule has 0 aliphatic heterocycles. The highest BCUT2D eigenvalue weighted by molar-refractivity contribution is 5.75. The molecular weight excluding hydrogens is 248 g/mol. The van der Waals surface area contributed by atoms with E-state index in [1.807, 2.05) is 18.7 Å². The zero-order valence-electron chi connectivity index (χ0n) is 12.5. The van der Waals surface area contributed by atoms with Crippen LogP contribution in [0.25, 0.3) is 11.4 Å². The minimum absolute atomic E-state index is 0.530. The first-order valence-electron chi connectivity index (χ1n) is 7.34. The molecule has 2 N–H and O–H groups in total. The average Bonchev–Trinajstić information content (AvgIpc) is 3.02. The van der Waals surface area contributed by atoms with Gasteiger partial charge < -0.3 is 5.73 Å². The normalized spacial score (nSPS) is 15.9. The van der Waals surface area contributed by atoms with E-state index in [1.54, 1.807) is 0 Å². The van der Waals surface area contributed by atoms with Crippen molar-refractivity contribution in [3.63, 3.8) is 0 Å². The number of aryl methyl sites for hydroxylation is 3. The van der Waals surface area contributed by atoms with Gasteiger partial charge in [-0.3, -0.25) is 0 Å². The molecule has 1 aromatic carbocycles. The third kappa shape index (κ3) is 2.19. The molecule has 0 radical (unpaired) electrons. The number of hydrogen-bond acceptors (Lipinski definition) is 3. The number of anilines is 1. The number of rotatable bonds is 2. The Bertz CT molecular complexity index is 636. The molecule has 1 aliphatic carbocycles. The quantitative estimate of drug-likeness (QED) is 0.851. The Hall–Kier alpha value is -1.84. The van der Waals surface area contributed by atoms with Crippen molar-refractivity contribution in [2.24, 2.45) is 7.05 Å². The van der Waals surface area contributed by atoms with Crippen LogP contribution < -0.4 is 5.73 Å². The topological polar surface area (TPSA) is 56.7 Å². The van der Waals surface area contributed by atoms with Gasteiger partial charge >= 0.3 is 0 Å². The van der Waals surface area contributed by atoms with Crippen LogP contribution in [0, 0.1) is 13.8 Å². The molecule has 0 spiro atoms. The lowest BCUT2D eigenvalue weighted by Gasteiger charge is -2.09. The monoisotopic (exact) mass is 270 g/mol. The summed E-state index contributed by atoms with van der Waals surface area (Å²) < 4.78 is 1.87. The summed E-state index contributed by atoms with van der Waals surface area (Å²) in [4.78, 5) is 4.78. The number of nitrogen functional groups attached to an aromatic ring is 1. The Morgan fingerprint density at radius 3 is 2.60 bits per heavy atom. The molecule has 4 nitrogen and oxygen atoms in total. The third-order valence-corrected chi connectivity index (χ3v) is 4.27. The summed E-state index contributed by atoms with van der Waals surface area (Å²) in [6, 6.07) is 4.21. The molecule has 4 heteroatoms. The van der Waals surface area contributed by atoms with E-state index in [9.17, 15) is 0 Å². The van der Waals surface area contributed by atoms with Gasteiger partial charge in [-0.1, -0.05) is 18.9 Å². The first-order chi connectivity index (χ1) is 9.56. The summed E-state index contributed by atoms with van der Waals surface area (Å²) in [5, 5.41) is 4.62. The summed E-state index contributed by atoms with van der Waals surface area (Å²) in [7, 11) is 1.96. The maximum Gasteiger partial charge on any atom is 0.160 e. The standard InChI is InChI=1S/C16H22N4/c1-10-8-11(2)14(17)13(9-10)16-18-15(19-20(16)3)12-6-4-5-7-12/h8-9,12H,4-7,17H2,1-3H3. The Morgan fingerprint density at radius 1 is 1.20 bits per heavy atom.